The molecule has 19 heteroatoms. The van der Waals surface area contributed by atoms with E-state index in [1.54, 1.807) is 0 Å². The lowest BCUT2D eigenvalue weighted by atomic mass is 10.0. The number of rotatable bonds is 83. The van der Waals surface area contributed by atoms with Crippen molar-refractivity contribution in [2.75, 3.05) is 39.6 Å². The molecule has 17 nitrogen and oxygen atoms in total. The smallest absolute Gasteiger partial charge is 0.462 e. The number of phosphoric ester groups is 2. The second-order valence-electron chi connectivity index (χ2n) is 29.5. The number of esters is 4. The third-order valence-electron chi connectivity index (χ3n) is 19.4. The van der Waals surface area contributed by atoms with Gasteiger partial charge in [0.25, 0.3) is 0 Å². The first-order chi connectivity index (χ1) is 49.2. The maximum atomic E-state index is 13.1. The van der Waals surface area contributed by atoms with Crippen LogP contribution in [0.1, 0.15) is 445 Å². The molecule has 0 saturated heterocycles. The minimum absolute atomic E-state index is 0.108. The Morgan fingerprint density at radius 3 is 0.584 bits per heavy atom. The summed E-state index contributed by atoms with van der Waals surface area (Å²) in [7, 11) is -9.91. The molecule has 0 aliphatic carbocycles. The van der Waals surface area contributed by atoms with Crippen molar-refractivity contribution in [3.05, 3.63) is 0 Å². The van der Waals surface area contributed by atoms with E-state index in [0.717, 1.165) is 96.3 Å². The minimum Gasteiger partial charge on any atom is -0.462 e. The average molecular weight is 1480 g/mol. The monoisotopic (exact) mass is 1480 g/mol. The molecule has 0 heterocycles. The first-order valence-electron chi connectivity index (χ1n) is 42.8. The molecule has 3 N–H and O–H groups in total. The van der Waals surface area contributed by atoms with Crippen LogP contribution in [0.5, 0.6) is 0 Å². The van der Waals surface area contributed by atoms with E-state index in [-0.39, 0.29) is 25.7 Å². The first-order valence-corrected chi connectivity index (χ1v) is 45.8. The van der Waals surface area contributed by atoms with Gasteiger partial charge in [0.15, 0.2) is 12.2 Å². The highest BCUT2D eigenvalue weighted by molar-refractivity contribution is 7.47. The number of hydrogen-bond donors (Lipinski definition) is 3. The number of aliphatic hydroxyl groups excluding tert-OH is 1. The van der Waals surface area contributed by atoms with Gasteiger partial charge in [0.1, 0.15) is 19.3 Å². The quantitative estimate of drug-likeness (QED) is 0.0222. The van der Waals surface area contributed by atoms with Gasteiger partial charge >= 0.3 is 39.5 Å². The normalized spacial score (nSPS) is 13.8. The predicted molar refractivity (Wildman–Crippen MR) is 414 cm³/mol. The Bertz CT molecular complexity index is 1910. The Kier molecular flexibility index (Phi) is 74.8. The highest BCUT2D eigenvalue weighted by atomic mass is 31.2. The van der Waals surface area contributed by atoms with Gasteiger partial charge in [-0.1, -0.05) is 394 Å². The molecule has 0 aromatic carbocycles. The maximum Gasteiger partial charge on any atom is 0.472 e. The zero-order valence-corrected chi connectivity index (χ0v) is 67.7. The molecule has 0 amide bonds. The van der Waals surface area contributed by atoms with Crippen LogP contribution in [0, 0.1) is 0 Å². The third kappa shape index (κ3) is 76.1. The summed E-state index contributed by atoms with van der Waals surface area (Å²) >= 11 is 0. The van der Waals surface area contributed by atoms with E-state index in [9.17, 15) is 43.2 Å². The molecule has 600 valence electrons. The molecular weight excluding hydrogens is 1320 g/mol. The van der Waals surface area contributed by atoms with Gasteiger partial charge in [-0.05, 0) is 25.7 Å². The molecule has 5 atom stereocenters. The van der Waals surface area contributed by atoms with Crippen LogP contribution in [0.15, 0.2) is 0 Å². The van der Waals surface area contributed by atoms with E-state index in [4.69, 9.17) is 37.0 Å². The Morgan fingerprint density at radius 2 is 0.396 bits per heavy atom. The molecule has 2 unspecified atom stereocenters. The molecule has 0 spiro atoms. The second-order valence-corrected chi connectivity index (χ2v) is 32.4. The Hall–Kier alpha value is -1.94. The van der Waals surface area contributed by atoms with Gasteiger partial charge in [-0.15, -0.1) is 0 Å². The number of phosphoric acid groups is 2. The van der Waals surface area contributed by atoms with E-state index < -0.39 is 97.5 Å². The molecule has 0 aromatic rings. The van der Waals surface area contributed by atoms with Crippen molar-refractivity contribution in [3.8, 4) is 0 Å². The molecule has 0 bridgehead atoms. The van der Waals surface area contributed by atoms with E-state index in [0.29, 0.717) is 25.7 Å². The first kappa shape index (κ1) is 99.1. The number of ether oxygens (including phenoxy) is 4. The fourth-order valence-electron chi connectivity index (χ4n) is 12.8. The number of hydrogen-bond acceptors (Lipinski definition) is 15. The summed E-state index contributed by atoms with van der Waals surface area (Å²) in [5.41, 5.74) is 0. The van der Waals surface area contributed by atoms with Crippen LogP contribution >= 0.6 is 15.6 Å². The third-order valence-corrected chi connectivity index (χ3v) is 21.3. The van der Waals surface area contributed by atoms with Crippen LogP contribution in [0.4, 0.5) is 0 Å². The topological polar surface area (TPSA) is 237 Å². The fourth-order valence-corrected chi connectivity index (χ4v) is 14.4. The Morgan fingerprint density at radius 1 is 0.238 bits per heavy atom. The summed E-state index contributed by atoms with van der Waals surface area (Å²) in [4.78, 5) is 72.7. The predicted octanol–water partition coefficient (Wildman–Crippen LogP) is 25.0. The number of unbranched alkanes of at least 4 members (excludes halogenated alkanes) is 57. The van der Waals surface area contributed by atoms with E-state index >= 15 is 0 Å². The van der Waals surface area contributed by atoms with Crippen LogP contribution in [-0.2, 0) is 65.4 Å². The molecule has 101 heavy (non-hydrogen) atoms. The van der Waals surface area contributed by atoms with Crippen molar-refractivity contribution in [1.82, 2.24) is 0 Å². The van der Waals surface area contributed by atoms with Crippen molar-refractivity contribution in [2.24, 2.45) is 0 Å². The fraction of sp³-hybridized carbons (Fsp3) is 0.951. The number of aliphatic hydroxyl groups is 1. The Labute approximate surface area is 619 Å². The maximum absolute atomic E-state index is 13.1. The summed E-state index contributed by atoms with van der Waals surface area (Å²) < 4.78 is 68.5. The van der Waals surface area contributed by atoms with Gasteiger partial charge in [0.2, 0.25) is 0 Å². The Balaban J connectivity index is 5.10. The summed E-state index contributed by atoms with van der Waals surface area (Å²) in [6.07, 6.45) is 70.0. The lowest BCUT2D eigenvalue weighted by Gasteiger charge is -2.21. The molecule has 0 rings (SSSR count). The number of carbonyl (C=O) groups is 4. The van der Waals surface area contributed by atoms with Crippen LogP contribution in [0.2, 0.25) is 0 Å². The average Bonchev–Trinajstić information content (AvgIpc) is 0.970. The van der Waals surface area contributed by atoms with Crippen molar-refractivity contribution < 1.29 is 80.2 Å². The second kappa shape index (κ2) is 76.3. The lowest BCUT2D eigenvalue weighted by Crippen LogP contribution is -2.30. The molecule has 0 aliphatic rings. The lowest BCUT2D eigenvalue weighted by molar-refractivity contribution is -0.161. The van der Waals surface area contributed by atoms with Gasteiger partial charge in [-0.3, -0.25) is 37.3 Å². The molecular formula is C82H160O17P2. The summed E-state index contributed by atoms with van der Waals surface area (Å²) in [6.45, 7) is 4.94. The molecule has 0 saturated carbocycles. The summed E-state index contributed by atoms with van der Waals surface area (Å²) in [5.74, 6) is -2.12. The number of carbonyl (C=O) groups excluding carboxylic acids is 4. The van der Waals surface area contributed by atoms with Crippen LogP contribution < -0.4 is 0 Å². The van der Waals surface area contributed by atoms with Crippen LogP contribution in [-0.4, -0.2) is 96.7 Å². The highest BCUT2D eigenvalue weighted by Crippen LogP contribution is 2.45. The van der Waals surface area contributed by atoms with Gasteiger partial charge in [0.05, 0.1) is 26.4 Å². The van der Waals surface area contributed by atoms with Crippen molar-refractivity contribution in [2.45, 2.75) is 463 Å². The van der Waals surface area contributed by atoms with E-state index in [1.807, 2.05) is 0 Å². The molecule has 0 aliphatic heterocycles. The zero-order valence-electron chi connectivity index (χ0n) is 65.9. The SMILES string of the molecule is CCCCCCCCCCCCCCCCCCCCCCCCC(=O)O[C@H](COC(=O)CCCCCCCCCCCCCCCCCCCC)COP(=O)(O)OC[C@@H](O)COP(=O)(O)OC[C@@H](COC(=O)CCCCCCC)OC(=O)CCCCCCCCCCCCCCCCCC. The standard InChI is InChI=1S/C82H160O17P2/c1-5-9-13-17-20-23-26-29-32-35-37-38-39-40-42-45-48-51-54-57-61-65-69-82(87)99-78(73-93-80(85)67-63-59-55-52-49-46-44-41-36-33-30-27-24-21-18-14-10-6-2)75-97-101(90,91)95-71-76(83)70-94-100(88,89)96-74-77(72-92-79(84)66-62-58-16-12-8-4)98-81(86)68-64-60-56-53-50-47-43-34-31-28-25-22-19-15-11-7-3/h76-78,83H,5-75H2,1-4H3,(H,88,89)(H,90,91)/t76-,77+,78+/m0/s1. The van der Waals surface area contributed by atoms with Gasteiger partial charge in [-0.2, -0.15) is 0 Å². The van der Waals surface area contributed by atoms with E-state index in [1.165, 1.54) is 270 Å². The summed E-state index contributed by atoms with van der Waals surface area (Å²) in [6, 6.07) is 0. The minimum atomic E-state index is -4.96. The van der Waals surface area contributed by atoms with Crippen molar-refractivity contribution >= 4 is 39.5 Å². The molecule has 0 fully saturated rings. The van der Waals surface area contributed by atoms with Gasteiger partial charge in [-0.25, -0.2) is 9.13 Å². The van der Waals surface area contributed by atoms with Gasteiger partial charge < -0.3 is 33.8 Å². The highest BCUT2D eigenvalue weighted by Gasteiger charge is 2.30. The van der Waals surface area contributed by atoms with Crippen LogP contribution in [0.3, 0.4) is 0 Å². The van der Waals surface area contributed by atoms with E-state index in [2.05, 4.69) is 27.7 Å². The zero-order chi connectivity index (χ0) is 73.9. The summed E-state index contributed by atoms with van der Waals surface area (Å²) in [5, 5.41) is 10.6. The van der Waals surface area contributed by atoms with Crippen molar-refractivity contribution in [3.63, 3.8) is 0 Å². The largest absolute Gasteiger partial charge is 0.472 e. The van der Waals surface area contributed by atoms with Gasteiger partial charge in [0, 0.05) is 25.7 Å². The molecule has 0 radical (unpaired) electrons. The molecule has 0 aromatic heterocycles. The van der Waals surface area contributed by atoms with Crippen LogP contribution in [0.25, 0.3) is 0 Å². The van der Waals surface area contributed by atoms with Crippen molar-refractivity contribution in [1.29, 1.82) is 0 Å².